The van der Waals surface area contributed by atoms with E-state index in [2.05, 4.69) is 15.6 Å². The summed E-state index contributed by atoms with van der Waals surface area (Å²) < 4.78 is 14.8. The van der Waals surface area contributed by atoms with Crippen LogP contribution in [0.1, 0.15) is 12.8 Å². The molecule has 9 heteroatoms. The van der Waals surface area contributed by atoms with Crippen LogP contribution in [0.4, 0.5) is 20.7 Å². The van der Waals surface area contributed by atoms with Gasteiger partial charge in [-0.05, 0) is 43.2 Å². The molecule has 4 rings (SSSR count). The molecule has 156 valence electrons. The fourth-order valence-electron chi connectivity index (χ4n) is 3.63. The maximum Gasteiger partial charge on any atom is 0.319 e. The van der Waals surface area contributed by atoms with Gasteiger partial charge in [0.15, 0.2) is 5.82 Å². The fraction of sp³-hybridized carbons (Fsp3) is 0.286. The van der Waals surface area contributed by atoms with Crippen LogP contribution in [-0.4, -0.2) is 34.7 Å². The van der Waals surface area contributed by atoms with E-state index in [0.717, 1.165) is 11.0 Å². The molecule has 1 aliphatic rings. The minimum atomic E-state index is -0.538. The van der Waals surface area contributed by atoms with E-state index in [1.165, 1.54) is 18.2 Å². The van der Waals surface area contributed by atoms with Crippen LogP contribution in [0.25, 0.3) is 11.0 Å². The standard InChI is InChI=1S/C21H21ClFN5O2/c1-27-18-5-3-2-4-17(18)26-19(20(27)29)28-10-8-13(9-11-28)24-21(30)25-14-6-7-16(23)15(22)12-14/h2-7,12-13H,8-11H2,1H3,(H2,24,25,30). The van der Waals surface area contributed by atoms with E-state index in [-0.39, 0.29) is 22.7 Å². The van der Waals surface area contributed by atoms with Gasteiger partial charge in [-0.15, -0.1) is 0 Å². The third-order valence-electron chi connectivity index (χ3n) is 5.27. The summed E-state index contributed by atoms with van der Waals surface area (Å²) in [6.07, 6.45) is 1.35. The van der Waals surface area contributed by atoms with E-state index >= 15 is 0 Å². The first-order valence-corrected chi connectivity index (χ1v) is 10.0. The Morgan fingerprint density at radius 3 is 2.67 bits per heavy atom. The Labute approximate surface area is 177 Å². The first kappa shape index (κ1) is 20.2. The maximum absolute atomic E-state index is 13.2. The molecule has 0 bridgehead atoms. The van der Waals surface area contributed by atoms with Crippen LogP contribution in [-0.2, 0) is 7.05 Å². The van der Waals surface area contributed by atoms with Crippen LogP contribution < -0.4 is 21.1 Å². The fourth-order valence-corrected chi connectivity index (χ4v) is 3.81. The van der Waals surface area contributed by atoms with Crippen LogP contribution in [0.2, 0.25) is 5.02 Å². The van der Waals surface area contributed by atoms with E-state index in [9.17, 15) is 14.0 Å². The predicted molar refractivity (Wildman–Crippen MR) is 116 cm³/mol. The molecule has 0 unspecified atom stereocenters. The lowest BCUT2D eigenvalue weighted by Crippen LogP contribution is -2.47. The molecule has 2 aromatic carbocycles. The van der Waals surface area contributed by atoms with Crippen LogP contribution in [0, 0.1) is 5.82 Å². The minimum Gasteiger partial charge on any atom is -0.352 e. The van der Waals surface area contributed by atoms with E-state index in [4.69, 9.17) is 11.6 Å². The number of aryl methyl sites for hydroxylation is 1. The molecule has 0 aliphatic carbocycles. The molecule has 0 saturated carbocycles. The van der Waals surface area contributed by atoms with Gasteiger partial charge < -0.3 is 20.1 Å². The van der Waals surface area contributed by atoms with Crippen LogP contribution in [0.5, 0.6) is 0 Å². The number of carbonyl (C=O) groups is 1. The zero-order chi connectivity index (χ0) is 21.3. The monoisotopic (exact) mass is 429 g/mol. The second-order valence-electron chi connectivity index (χ2n) is 7.28. The molecular weight excluding hydrogens is 409 g/mol. The lowest BCUT2D eigenvalue weighted by molar-refractivity contribution is 0.246. The number of hydrogen-bond donors (Lipinski definition) is 2. The smallest absolute Gasteiger partial charge is 0.319 e. The second-order valence-corrected chi connectivity index (χ2v) is 7.68. The van der Waals surface area contributed by atoms with Gasteiger partial charge in [0, 0.05) is 31.9 Å². The van der Waals surface area contributed by atoms with Gasteiger partial charge in [0.2, 0.25) is 0 Å². The molecule has 3 aromatic rings. The van der Waals surface area contributed by atoms with Crippen molar-refractivity contribution >= 4 is 40.2 Å². The highest BCUT2D eigenvalue weighted by Crippen LogP contribution is 2.20. The summed E-state index contributed by atoms with van der Waals surface area (Å²) >= 11 is 5.74. The summed E-state index contributed by atoms with van der Waals surface area (Å²) in [5.74, 6) is -0.108. The van der Waals surface area contributed by atoms with E-state index < -0.39 is 5.82 Å². The number of aromatic nitrogens is 2. The maximum atomic E-state index is 13.2. The Kier molecular flexibility index (Phi) is 5.59. The van der Waals surface area contributed by atoms with Crippen LogP contribution in [0.15, 0.2) is 47.3 Å². The first-order chi connectivity index (χ1) is 14.4. The van der Waals surface area contributed by atoms with Gasteiger partial charge in [-0.25, -0.2) is 14.2 Å². The summed E-state index contributed by atoms with van der Waals surface area (Å²) in [6.45, 7) is 1.21. The lowest BCUT2D eigenvalue weighted by atomic mass is 10.1. The van der Waals surface area contributed by atoms with E-state index in [0.29, 0.717) is 37.4 Å². The highest BCUT2D eigenvalue weighted by Gasteiger charge is 2.24. The van der Waals surface area contributed by atoms with Crippen molar-refractivity contribution in [3.8, 4) is 0 Å². The van der Waals surface area contributed by atoms with Gasteiger partial charge in [0.25, 0.3) is 5.56 Å². The Morgan fingerprint density at radius 2 is 1.93 bits per heavy atom. The molecule has 0 atom stereocenters. The van der Waals surface area contributed by atoms with Crippen molar-refractivity contribution in [2.45, 2.75) is 18.9 Å². The average molecular weight is 430 g/mol. The number of carbonyl (C=O) groups excluding carboxylic acids is 1. The Balaban J connectivity index is 1.39. The molecule has 1 fully saturated rings. The predicted octanol–water partition coefficient (Wildman–Crippen LogP) is 3.52. The number of benzene rings is 2. The average Bonchev–Trinajstić information content (AvgIpc) is 2.74. The zero-order valence-corrected chi connectivity index (χ0v) is 17.1. The molecule has 2 heterocycles. The van der Waals surface area contributed by atoms with E-state index in [1.807, 2.05) is 29.2 Å². The van der Waals surface area contributed by atoms with E-state index in [1.54, 1.807) is 11.6 Å². The number of nitrogens with zero attached hydrogens (tertiary/aromatic N) is 3. The number of piperidine rings is 1. The van der Waals surface area contributed by atoms with Crippen molar-refractivity contribution in [2.24, 2.45) is 7.05 Å². The Bertz CT molecular complexity index is 1160. The van der Waals surface area contributed by atoms with Gasteiger partial charge in [-0.1, -0.05) is 23.7 Å². The number of nitrogens with one attached hydrogen (secondary N) is 2. The number of halogens is 2. The highest BCUT2D eigenvalue weighted by molar-refractivity contribution is 6.31. The molecule has 2 N–H and O–H groups in total. The summed E-state index contributed by atoms with van der Waals surface area (Å²) in [7, 11) is 1.75. The molecule has 2 amide bonds. The van der Waals surface area contributed by atoms with Crippen molar-refractivity contribution in [3.05, 3.63) is 63.7 Å². The normalized spacial score (nSPS) is 14.7. The molecule has 0 radical (unpaired) electrons. The van der Waals surface area contributed by atoms with Crippen molar-refractivity contribution in [3.63, 3.8) is 0 Å². The summed E-state index contributed by atoms with van der Waals surface area (Å²) in [5.41, 5.74) is 1.85. The third-order valence-corrected chi connectivity index (χ3v) is 5.56. The Morgan fingerprint density at radius 1 is 1.20 bits per heavy atom. The van der Waals surface area contributed by atoms with Crippen LogP contribution in [0.3, 0.4) is 0 Å². The Hall–Kier alpha value is -3.13. The topological polar surface area (TPSA) is 79.3 Å². The van der Waals surface area contributed by atoms with Crippen LogP contribution >= 0.6 is 11.6 Å². The minimum absolute atomic E-state index is 0.0403. The number of anilines is 2. The van der Waals surface area contributed by atoms with Gasteiger partial charge >= 0.3 is 6.03 Å². The summed E-state index contributed by atoms with van der Waals surface area (Å²) in [4.78, 5) is 31.5. The second kappa shape index (κ2) is 8.31. The zero-order valence-electron chi connectivity index (χ0n) is 16.4. The largest absolute Gasteiger partial charge is 0.352 e. The van der Waals surface area contributed by atoms with Crippen molar-refractivity contribution < 1.29 is 9.18 Å². The molecule has 1 saturated heterocycles. The highest BCUT2D eigenvalue weighted by atomic mass is 35.5. The molecule has 1 aliphatic heterocycles. The summed E-state index contributed by atoms with van der Waals surface area (Å²) in [6, 6.07) is 11.1. The molecular formula is C21H21ClFN5O2. The number of para-hydroxylation sites is 2. The molecule has 30 heavy (non-hydrogen) atoms. The molecule has 1 aromatic heterocycles. The number of hydrogen-bond acceptors (Lipinski definition) is 4. The van der Waals surface area contributed by atoms with Gasteiger partial charge in [-0.2, -0.15) is 0 Å². The first-order valence-electron chi connectivity index (χ1n) is 9.65. The number of amides is 2. The third kappa shape index (κ3) is 4.09. The molecule has 7 nitrogen and oxygen atoms in total. The molecule has 0 spiro atoms. The SMILES string of the molecule is Cn1c(=O)c(N2CCC(NC(=O)Nc3ccc(F)c(Cl)c3)CC2)nc2ccccc21. The summed E-state index contributed by atoms with van der Waals surface area (Å²) in [5, 5.41) is 5.52. The van der Waals surface area contributed by atoms with Crippen molar-refractivity contribution in [1.29, 1.82) is 0 Å². The number of rotatable bonds is 3. The number of fused-ring (bicyclic) bond motifs is 1. The van der Waals surface area contributed by atoms with Crippen molar-refractivity contribution in [1.82, 2.24) is 14.9 Å². The lowest BCUT2D eigenvalue weighted by Gasteiger charge is -2.33. The van der Waals surface area contributed by atoms with Gasteiger partial charge in [0.05, 0.1) is 16.1 Å². The van der Waals surface area contributed by atoms with Gasteiger partial charge in [-0.3, -0.25) is 4.79 Å². The van der Waals surface area contributed by atoms with Gasteiger partial charge in [0.1, 0.15) is 5.82 Å². The van der Waals surface area contributed by atoms with Crippen molar-refractivity contribution in [2.75, 3.05) is 23.3 Å². The quantitative estimate of drug-likeness (QED) is 0.667. The number of urea groups is 1.